The van der Waals surface area contributed by atoms with Crippen LogP contribution in [-0.4, -0.2) is 44.9 Å². The molecule has 22 heavy (non-hydrogen) atoms. The molecular formula is C16H22N4O2. The molecule has 1 N–H and O–H groups in total. The lowest BCUT2D eigenvalue weighted by atomic mass is 9.93. The summed E-state index contributed by atoms with van der Waals surface area (Å²) in [6.07, 6.45) is 3.43. The summed E-state index contributed by atoms with van der Waals surface area (Å²) in [4.78, 5) is 16.9. The van der Waals surface area contributed by atoms with E-state index < -0.39 is 5.60 Å². The maximum Gasteiger partial charge on any atom is 0.410 e. The number of aromatic amines is 1. The van der Waals surface area contributed by atoms with Gasteiger partial charge in [-0.1, -0.05) is 0 Å². The number of aromatic nitrogens is 3. The van der Waals surface area contributed by atoms with Crippen LogP contribution in [-0.2, 0) is 4.74 Å². The van der Waals surface area contributed by atoms with Crippen molar-refractivity contribution in [1.82, 2.24) is 20.1 Å². The highest BCUT2D eigenvalue weighted by atomic mass is 16.6. The Hall–Kier alpha value is -2.11. The first-order chi connectivity index (χ1) is 10.4. The van der Waals surface area contributed by atoms with Crippen molar-refractivity contribution >= 4 is 17.1 Å². The third kappa shape index (κ3) is 3.21. The van der Waals surface area contributed by atoms with Crippen molar-refractivity contribution in [1.29, 1.82) is 0 Å². The smallest absolute Gasteiger partial charge is 0.410 e. The van der Waals surface area contributed by atoms with Gasteiger partial charge in [0.05, 0.1) is 5.69 Å². The largest absolute Gasteiger partial charge is 0.444 e. The van der Waals surface area contributed by atoms with Crippen LogP contribution in [0.4, 0.5) is 4.79 Å². The van der Waals surface area contributed by atoms with Gasteiger partial charge in [-0.25, -0.2) is 4.79 Å². The molecule has 1 aliphatic heterocycles. The third-order valence-electron chi connectivity index (χ3n) is 3.89. The Balaban J connectivity index is 1.62. The van der Waals surface area contributed by atoms with Crippen molar-refractivity contribution < 1.29 is 9.53 Å². The summed E-state index contributed by atoms with van der Waals surface area (Å²) in [7, 11) is 0. The maximum absolute atomic E-state index is 12.1. The van der Waals surface area contributed by atoms with E-state index in [0.29, 0.717) is 19.0 Å². The quantitative estimate of drug-likeness (QED) is 0.878. The number of nitrogens with zero attached hydrogens (tertiary/aromatic N) is 3. The highest BCUT2D eigenvalue weighted by Gasteiger charge is 2.28. The molecular weight excluding hydrogens is 280 g/mol. The number of hydrogen-bond donors (Lipinski definition) is 1. The molecule has 2 aromatic heterocycles. The number of ether oxygens (including phenoxy) is 1. The second kappa shape index (κ2) is 5.59. The SMILES string of the molecule is CC(C)(C)OC(=O)N1CCC(c2cc3cc[nH]c3nn2)CC1. The number of fused-ring (bicyclic) bond motifs is 1. The van der Waals surface area contributed by atoms with E-state index in [4.69, 9.17) is 4.74 Å². The van der Waals surface area contributed by atoms with Crippen LogP contribution in [0.1, 0.15) is 45.2 Å². The first kappa shape index (κ1) is 14.8. The first-order valence-electron chi connectivity index (χ1n) is 7.71. The summed E-state index contributed by atoms with van der Waals surface area (Å²) in [5.74, 6) is 0.352. The van der Waals surface area contributed by atoms with Crippen molar-refractivity contribution in [2.75, 3.05) is 13.1 Å². The summed E-state index contributed by atoms with van der Waals surface area (Å²) in [5, 5.41) is 9.61. The lowest BCUT2D eigenvalue weighted by Gasteiger charge is -2.33. The average molecular weight is 302 g/mol. The van der Waals surface area contributed by atoms with Crippen LogP contribution in [0.25, 0.3) is 11.0 Å². The number of amides is 1. The van der Waals surface area contributed by atoms with Gasteiger partial charge < -0.3 is 14.6 Å². The van der Waals surface area contributed by atoms with Gasteiger partial charge in [0, 0.05) is 30.6 Å². The second-order valence-electron chi connectivity index (χ2n) is 6.79. The van der Waals surface area contributed by atoms with Gasteiger partial charge in [-0.3, -0.25) is 0 Å². The third-order valence-corrected chi connectivity index (χ3v) is 3.89. The molecule has 1 aliphatic rings. The molecule has 0 atom stereocenters. The zero-order chi connectivity index (χ0) is 15.7. The van der Waals surface area contributed by atoms with Crippen molar-refractivity contribution in [3.05, 3.63) is 24.0 Å². The van der Waals surface area contributed by atoms with Crippen LogP contribution >= 0.6 is 0 Å². The molecule has 1 amide bonds. The Morgan fingerprint density at radius 2 is 2.05 bits per heavy atom. The fourth-order valence-electron chi connectivity index (χ4n) is 2.76. The number of carbonyl (C=O) groups is 1. The van der Waals surface area contributed by atoms with Crippen LogP contribution in [0, 0.1) is 0 Å². The first-order valence-corrected chi connectivity index (χ1v) is 7.71. The van der Waals surface area contributed by atoms with Crippen LogP contribution in [0.3, 0.4) is 0 Å². The molecule has 1 saturated heterocycles. The van der Waals surface area contributed by atoms with E-state index in [9.17, 15) is 4.79 Å². The fraction of sp³-hybridized carbons (Fsp3) is 0.562. The highest BCUT2D eigenvalue weighted by molar-refractivity contribution is 5.75. The van der Waals surface area contributed by atoms with Gasteiger partial charge in [0.15, 0.2) is 5.65 Å². The number of likely N-dealkylation sites (tertiary alicyclic amines) is 1. The predicted molar refractivity (Wildman–Crippen MR) is 83.7 cm³/mol. The minimum absolute atomic E-state index is 0.224. The topological polar surface area (TPSA) is 71.1 Å². The van der Waals surface area contributed by atoms with Gasteiger partial charge in [0.2, 0.25) is 0 Å². The molecule has 0 aromatic carbocycles. The Bertz CT molecular complexity index is 666. The molecule has 1 fully saturated rings. The lowest BCUT2D eigenvalue weighted by molar-refractivity contribution is 0.0204. The van der Waals surface area contributed by atoms with E-state index in [0.717, 1.165) is 29.6 Å². The van der Waals surface area contributed by atoms with E-state index in [-0.39, 0.29) is 6.09 Å². The molecule has 6 heteroatoms. The summed E-state index contributed by atoms with van der Waals surface area (Å²) < 4.78 is 5.42. The second-order valence-corrected chi connectivity index (χ2v) is 6.79. The summed E-state index contributed by atoms with van der Waals surface area (Å²) in [6.45, 7) is 7.07. The minimum Gasteiger partial charge on any atom is -0.444 e. The van der Waals surface area contributed by atoms with Crippen LogP contribution in [0.5, 0.6) is 0 Å². The molecule has 0 radical (unpaired) electrons. The minimum atomic E-state index is -0.446. The van der Waals surface area contributed by atoms with Gasteiger partial charge in [0.1, 0.15) is 5.60 Å². The summed E-state index contributed by atoms with van der Waals surface area (Å²) >= 11 is 0. The van der Waals surface area contributed by atoms with E-state index in [1.807, 2.05) is 33.0 Å². The van der Waals surface area contributed by atoms with Gasteiger partial charge in [0.25, 0.3) is 0 Å². The van der Waals surface area contributed by atoms with Crippen molar-refractivity contribution in [2.45, 2.75) is 45.1 Å². The number of piperidine rings is 1. The molecule has 0 unspecified atom stereocenters. The van der Waals surface area contributed by atoms with Crippen LogP contribution in [0.15, 0.2) is 18.3 Å². The summed E-state index contributed by atoms with van der Waals surface area (Å²) in [6, 6.07) is 4.09. The molecule has 2 aromatic rings. The highest BCUT2D eigenvalue weighted by Crippen LogP contribution is 2.28. The molecule has 118 valence electrons. The Labute approximate surface area is 129 Å². The van der Waals surface area contributed by atoms with E-state index >= 15 is 0 Å². The lowest BCUT2D eigenvalue weighted by Crippen LogP contribution is -2.41. The van der Waals surface area contributed by atoms with Crippen LogP contribution in [0.2, 0.25) is 0 Å². The van der Waals surface area contributed by atoms with Gasteiger partial charge in [-0.2, -0.15) is 5.10 Å². The molecule has 6 nitrogen and oxygen atoms in total. The zero-order valence-electron chi connectivity index (χ0n) is 13.3. The zero-order valence-corrected chi connectivity index (χ0v) is 13.3. The number of rotatable bonds is 1. The van der Waals surface area contributed by atoms with Gasteiger partial charge >= 0.3 is 6.09 Å². The number of nitrogens with one attached hydrogen (secondary N) is 1. The number of hydrogen-bond acceptors (Lipinski definition) is 4. The average Bonchev–Trinajstić information content (AvgIpc) is 2.93. The standard InChI is InChI=1S/C16H22N4O2/c1-16(2,3)22-15(21)20-8-5-11(6-9-20)13-10-12-4-7-17-14(12)19-18-13/h4,7,10-11H,5-6,8-9H2,1-3H3,(H,17,19). The molecule has 0 aliphatic carbocycles. The Morgan fingerprint density at radius 3 is 2.73 bits per heavy atom. The number of H-pyrrole nitrogens is 1. The van der Waals surface area contributed by atoms with E-state index in [2.05, 4.69) is 21.2 Å². The van der Waals surface area contributed by atoms with Crippen molar-refractivity contribution in [3.8, 4) is 0 Å². The van der Waals surface area contributed by atoms with Crippen LogP contribution < -0.4 is 0 Å². The Kier molecular flexibility index (Phi) is 3.76. The van der Waals surface area contributed by atoms with E-state index in [1.54, 1.807) is 4.90 Å². The molecule has 3 heterocycles. The molecule has 3 rings (SSSR count). The molecule has 0 spiro atoms. The summed E-state index contributed by atoms with van der Waals surface area (Å²) in [5.41, 5.74) is 1.38. The fourth-order valence-corrected chi connectivity index (χ4v) is 2.76. The Morgan fingerprint density at radius 1 is 1.32 bits per heavy atom. The van der Waals surface area contributed by atoms with E-state index in [1.165, 1.54) is 0 Å². The maximum atomic E-state index is 12.1. The predicted octanol–water partition coefficient (Wildman–Crippen LogP) is 3.07. The number of carbonyl (C=O) groups excluding carboxylic acids is 1. The molecule has 0 bridgehead atoms. The monoisotopic (exact) mass is 302 g/mol. The van der Waals surface area contributed by atoms with Crippen molar-refractivity contribution in [3.63, 3.8) is 0 Å². The normalized spacial score (nSPS) is 17.0. The van der Waals surface area contributed by atoms with Gasteiger partial charge in [-0.05, 0) is 45.7 Å². The molecule has 0 saturated carbocycles. The van der Waals surface area contributed by atoms with Crippen molar-refractivity contribution in [2.24, 2.45) is 0 Å². The van der Waals surface area contributed by atoms with Gasteiger partial charge in [-0.15, -0.1) is 5.10 Å².